The van der Waals surface area contributed by atoms with Crippen molar-refractivity contribution in [2.45, 2.75) is 38.1 Å². The quantitative estimate of drug-likeness (QED) is 0.515. The van der Waals surface area contributed by atoms with Crippen LogP contribution < -0.4 is 11.3 Å². The van der Waals surface area contributed by atoms with E-state index in [0.717, 1.165) is 6.42 Å². The van der Waals surface area contributed by atoms with Crippen molar-refractivity contribution >= 4 is 11.6 Å². The van der Waals surface area contributed by atoms with E-state index in [9.17, 15) is 0 Å². The molecule has 0 spiro atoms. The molecule has 0 fully saturated rings. The highest BCUT2D eigenvalue weighted by Gasteiger charge is 2.25. The zero-order valence-corrected chi connectivity index (χ0v) is 9.28. The first-order chi connectivity index (χ1) is 5.97. The van der Waals surface area contributed by atoms with Gasteiger partial charge in [-0.2, -0.15) is 5.43 Å². The molecule has 0 saturated carbocycles. The van der Waals surface area contributed by atoms with Crippen LogP contribution in [-0.4, -0.2) is 10.9 Å². The van der Waals surface area contributed by atoms with Gasteiger partial charge >= 0.3 is 0 Å². The van der Waals surface area contributed by atoms with Crippen molar-refractivity contribution in [3.05, 3.63) is 23.3 Å². The minimum Gasteiger partial charge on any atom is -0.280 e. The van der Waals surface area contributed by atoms with Crippen molar-refractivity contribution in [2.75, 3.05) is 0 Å². The Morgan fingerprint density at radius 3 is 2.69 bits per heavy atom. The predicted molar refractivity (Wildman–Crippen MR) is 56.2 cm³/mol. The maximum absolute atomic E-state index is 6.08. The molecule has 1 aliphatic carbocycles. The standard InChI is InChI=1S/C10H17ClN2/c1-7-6-8(4-5-9(7)11)10(2,3)13-12/h4,6,9,13H,5,12H2,1-3H3/p+1. The SMILES string of the molecule is CC1=CC(C(C)(C)N[NH3+])=CCC1Cl. The second-order valence-electron chi connectivity index (χ2n) is 4.05. The summed E-state index contributed by atoms with van der Waals surface area (Å²) in [5.41, 5.74) is 5.50. The van der Waals surface area contributed by atoms with Crippen LogP contribution in [0.1, 0.15) is 27.2 Å². The highest BCUT2D eigenvalue weighted by molar-refractivity contribution is 6.22. The molecule has 0 amide bonds. The summed E-state index contributed by atoms with van der Waals surface area (Å²) in [7, 11) is 0. The summed E-state index contributed by atoms with van der Waals surface area (Å²) in [6.45, 7) is 6.30. The first-order valence-corrected chi connectivity index (χ1v) is 4.98. The molecule has 1 aliphatic rings. The van der Waals surface area contributed by atoms with Crippen molar-refractivity contribution in [3.63, 3.8) is 0 Å². The number of rotatable bonds is 2. The van der Waals surface area contributed by atoms with Crippen molar-refractivity contribution in [3.8, 4) is 0 Å². The molecule has 0 saturated heterocycles. The summed E-state index contributed by atoms with van der Waals surface area (Å²) in [5, 5.41) is 0.171. The zero-order valence-electron chi connectivity index (χ0n) is 8.52. The molecule has 0 bridgehead atoms. The molecule has 1 atom stereocenters. The van der Waals surface area contributed by atoms with E-state index in [4.69, 9.17) is 11.6 Å². The van der Waals surface area contributed by atoms with Gasteiger partial charge in [-0.15, -0.1) is 11.6 Å². The third-order valence-corrected chi connectivity index (χ3v) is 3.11. The number of allylic oxidation sites excluding steroid dienone is 2. The summed E-state index contributed by atoms with van der Waals surface area (Å²) in [6.07, 6.45) is 5.26. The minimum absolute atomic E-state index is 0.0573. The molecule has 1 rings (SSSR count). The van der Waals surface area contributed by atoms with Gasteiger partial charge in [-0.25, -0.2) is 0 Å². The number of halogens is 1. The Morgan fingerprint density at radius 1 is 1.62 bits per heavy atom. The number of hydrogen-bond donors (Lipinski definition) is 2. The third-order valence-electron chi connectivity index (χ3n) is 2.59. The molecule has 0 aromatic heterocycles. The zero-order chi connectivity index (χ0) is 10.1. The van der Waals surface area contributed by atoms with Crippen LogP contribution in [0.25, 0.3) is 0 Å². The van der Waals surface area contributed by atoms with Crippen LogP contribution in [-0.2, 0) is 0 Å². The van der Waals surface area contributed by atoms with Crippen molar-refractivity contribution in [2.24, 2.45) is 0 Å². The summed E-state index contributed by atoms with van der Waals surface area (Å²) in [4.78, 5) is 0. The molecule has 4 N–H and O–H groups in total. The van der Waals surface area contributed by atoms with Gasteiger partial charge < -0.3 is 0 Å². The lowest BCUT2D eigenvalue weighted by Crippen LogP contribution is -2.72. The number of alkyl halides is 1. The topological polar surface area (TPSA) is 39.7 Å². The smallest absolute Gasteiger partial charge is 0.0852 e. The molecular weight excluding hydrogens is 184 g/mol. The maximum atomic E-state index is 6.08. The maximum Gasteiger partial charge on any atom is 0.0852 e. The molecule has 3 heteroatoms. The minimum atomic E-state index is -0.0573. The Hall–Kier alpha value is -0.310. The molecule has 0 aliphatic heterocycles. The molecule has 74 valence electrons. The average molecular weight is 202 g/mol. The summed E-state index contributed by atoms with van der Waals surface area (Å²) >= 11 is 6.08. The largest absolute Gasteiger partial charge is 0.280 e. The van der Waals surface area contributed by atoms with Gasteiger partial charge in [-0.3, -0.25) is 5.84 Å². The second-order valence-corrected chi connectivity index (χ2v) is 4.58. The van der Waals surface area contributed by atoms with E-state index in [-0.39, 0.29) is 10.9 Å². The van der Waals surface area contributed by atoms with Gasteiger partial charge in [-0.05, 0) is 32.8 Å². The summed E-state index contributed by atoms with van der Waals surface area (Å²) in [5.74, 6) is 3.72. The lowest BCUT2D eigenvalue weighted by Gasteiger charge is -2.27. The molecular formula is C10H18ClN2+. The van der Waals surface area contributed by atoms with Crippen LogP contribution in [0.4, 0.5) is 0 Å². The van der Waals surface area contributed by atoms with Gasteiger partial charge in [0.2, 0.25) is 0 Å². The monoisotopic (exact) mass is 201 g/mol. The summed E-state index contributed by atoms with van der Waals surface area (Å²) in [6, 6.07) is 0. The van der Waals surface area contributed by atoms with Crippen LogP contribution in [0.2, 0.25) is 0 Å². The van der Waals surface area contributed by atoms with Gasteiger partial charge in [0.05, 0.1) is 10.9 Å². The fourth-order valence-corrected chi connectivity index (χ4v) is 1.50. The van der Waals surface area contributed by atoms with E-state index in [2.05, 4.69) is 44.2 Å². The highest BCUT2D eigenvalue weighted by Crippen LogP contribution is 2.27. The fourth-order valence-electron chi connectivity index (χ4n) is 1.35. The lowest BCUT2D eigenvalue weighted by atomic mass is 9.88. The van der Waals surface area contributed by atoms with Gasteiger partial charge in [0.15, 0.2) is 0 Å². The molecule has 0 heterocycles. The van der Waals surface area contributed by atoms with E-state index >= 15 is 0 Å². The number of quaternary nitrogens is 1. The Balaban J connectivity index is 2.86. The first kappa shape index (κ1) is 10.8. The van der Waals surface area contributed by atoms with Crippen molar-refractivity contribution < 1.29 is 5.84 Å². The molecule has 0 aromatic rings. The average Bonchev–Trinajstić information content (AvgIpc) is 2.09. The Bertz CT molecular complexity index is 254. The molecule has 1 unspecified atom stereocenters. The van der Waals surface area contributed by atoms with E-state index in [1.807, 2.05) is 0 Å². The second kappa shape index (κ2) is 3.82. The Morgan fingerprint density at radius 2 is 2.23 bits per heavy atom. The highest BCUT2D eigenvalue weighted by atomic mass is 35.5. The molecule has 2 nitrogen and oxygen atoms in total. The summed E-state index contributed by atoms with van der Waals surface area (Å²) < 4.78 is 0. The number of hydrogen-bond acceptors (Lipinski definition) is 1. The molecule has 0 radical (unpaired) electrons. The van der Waals surface area contributed by atoms with Gasteiger partial charge in [-0.1, -0.05) is 17.7 Å². The number of nitrogens with one attached hydrogen (secondary N) is 1. The van der Waals surface area contributed by atoms with E-state index in [1.165, 1.54) is 11.1 Å². The first-order valence-electron chi connectivity index (χ1n) is 4.54. The normalized spacial score (nSPS) is 23.9. The molecule has 0 aromatic carbocycles. The van der Waals surface area contributed by atoms with E-state index in [1.54, 1.807) is 0 Å². The van der Waals surface area contributed by atoms with Crippen LogP contribution in [0, 0.1) is 0 Å². The van der Waals surface area contributed by atoms with Crippen LogP contribution in [0.3, 0.4) is 0 Å². The predicted octanol–water partition coefficient (Wildman–Crippen LogP) is 1.40. The van der Waals surface area contributed by atoms with Gasteiger partial charge in [0.1, 0.15) is 0 Å². The lowest BCUT2D eigenvalue weighted by molar-refractivity contribution is -0.458. The van der Waals surface area contributed by atoms with E-state index < -0.39 is 0 Å². The Kier molecular flexibility index (Phi) is 3.17. The van der Waals surface area contributed by atoms with Crippen LogP contribution in [0.15, 0.2) is 23.3 Å². The van der Waals surface area contributed by atoms with Crippen LogP contribution in [0.5, 0.6) is 0 Å². The van der Waals surface area contributed by atoms with Crippen molar-refractivity contribution in [1.82, 2.24) is 5.43 Å². The van der Waals surface area contributed by atoms with Gasteiger partial charge in [0.25, 0.3) is 0 Å². The van der Waals surface area contributed by atoms with E-state index in [0.29, 0.717) is 0 Å². The fraction of sp³-hybridized carbons (Fsp3) is 0.600. The van der Waals surface area contributed by atoms with Crippen LogP contribution >= 0.6 is 11.6 Å². The molecule has 13 heavy (non-hydrogen) atoms. The van der Waals surface area contributed by atoms with Crippen molar-refractivity contribution in [1.29, 1.82) is 0 Å². The third kappa shape index (κ3) is 2.33. The Labute approximate surface area is 84.8 Å². The van der Waals surface area contributed by atoms with Gasteiger partial charge in [0, 0.05) is 0 Å².